The molecular weight excluding hydrogens is 1950 g/mol. The van der Waals surface area contributed by atoms with E-state index in [2.05, 4.69) is 113 Å². The molecule has 5 aromatic carbocycles. The molecule has 0 spiro atoms. The summed E-state index contributed by atoms with van der Waals surface area (Å²) < 4.78 is 173. The van der Waals surface area contributed by atoms with Crippen molar-refractivity contribution >= 4 is 84.1 Å². The summed E-state index contributed by atoms with van der Waals surface area (Å²) in [5, 5.41) is 64.7. The molecular formula is C103H120F11N29O6. The van der Waals surface area contributed by atoms with Crippen molar-refractivity contribution in [2.24, 2.45) is 35.2 Å². The van der Waals surface area contributed by atoms with E-state index in [0.717, 1.165) is 118 Å². The van der Waals surface area contributed by atoms with Gasteiger partial charge in [-0.1, -0.05) is 0 Å². The van der Waals surface area contributed by atoms with Crippen LogP contribution in [0.1, 0.15) is 193 Å². The molecule has 7 aliphatic rings. The number of aryl methyl sites for hydroxylation is 5. The third-order valence-corrected chi connectivity index (χ3v) is 29.0. The van der Waals surface area contributed by atoms with Crippen molar-refractivity contribution in [3.05, 3.63) is 179 Å². The van der Waals surface area contributed by atoms with E-state index < -0.39 is 90.3 Å². The van der Waals surface area contributed by atoms with Crippen molar-refractivity contribution in [3.8, 4) is 55.8 Å². The van der Waals surface area contributed by atoms with Crippen LogP contribution in [0.4, 0.5) is 48.3 Å². The van der Waals surface area contributed by atoms with Gasteiger partial charge in [0, 0.05) is 141 Å². The van der Waals surface area contributed by atoms with Gasteiger partial charge in [0.05, 0.1) is 80.3 Å². The molecule has 15 heterocycles. The first kappa shape index (κ1) is 105. The summed E-state index contributed by atoms with van der Waals surface area (Å²) in [5.74, 6) is -10.6. The zero-order valence-corrected chi connectivity index (χ0v) is 84.0. The van der Waals surface area contributed by atoms with Crippen molar-refractivity contribution in [2.45, 2.75) is 184 Å². The standard InChI is InChI=1S/C24H30F2N6O.C23H28F2N6O.C20H23F3N6O.C19H21F3N6O.C17H18FN5O2/c1-24(26)7-5-16(6-8-24)28-23(33)22-17-11-15(12-19(25)21(17)29-30-22)18-13-27-31(2)20(18)14-32-9-3-4-10-32;1-23(25)6-4-15(5-7-23)27-22(32)21-16-10-14(11-18(24)20(16)28-29-21)17-12-26-30(2)19(17)13-31-8-3-9-31;1-12-24-9-16(28(12)2)13-7-14-17(15(21)8-13)26-27-18(14)19(30)25-10-20(22,23)11-29-5-3-4-6-29;1-27-9-13(8-24-27)12-6-14-16(15(20)7-12)25-26-17(14)18(29)23-10-19(21,22)11-28-4-2-3-5-28;1-23-9-11(7-20-23)10-5-13-15(14(18)6-10)21-22-16(13)17(24)19-8-12-3-2-4-25-12/h11-13,16H,3-10,14H2,1-2H3,(H,28,33)(H,29,30);10-12,15H,3-9,13H2,1-2H3,(H,27,32)(H,28,29);7-9H,3-6,10-11H2,1-2H3,(H,25,30)(H,26,27);6-9H,2-5,10-11H2,1H3,(H,23,29)(H,25,26);5-7,9,12H,2-4,8H2,1H3,(H,19,24)(H,21,22)/t;;;;12-/m....1/s1. The monoisotopic (exact) mass is 2070 g/mol. The van der Waals surface area contributed by atoms with E-state index in [4.69, 9.17) is 4.74 Å². The normalized spacial score (nSPS) is 19.4. The summed E-state index contributed by atoms with van der Waals surface area (Å²) in [4.78, 5) is 75.7. The van der Waals surface area contributed by atoms with Crippen molar-refractivity contribution < 1.29 is 77.0 Å². The van der Waals surface area contributed by atoms with Crippen LogP contribution < -0.4 is 26.6 Å². The van der Waals surface area contributed by atoms with Gasteiger partial charge in [-0.15, -0.1) is 0 Å². The maximum absolute atomic E-state index is 15.0. The minimum Gasteiger partial charge on any atom is -0.376 e. The minimum atomic E-state index is -3.06. The topological polar surface area (TPSA) is 400 Å². The van der Waals surface area contributed by atoms with Gasteiger partial charge in [0.1, 0.15) is 73.2 Å². The Morgan fingerprint density at radius 3 is 1.07 bits per heavy atom. The largest absolute Gasteiger partial charge is 0.376 e. The molecule has 2 aliphatic carbocycles. The van der Waals surface area contributed by atoms with Crippen LogP contribution in [0.25, 0.3) is 110 Å². The molecule has 790 valence electrons. The number of likely N-dealkylation sites (tertiary alicyclic amines) is 4. The molecule has 7 fully saturated rings. The second-order valence-corrected chi connectivity index (χ2v) is 40.4. The highest BCUT2D eigenvalue weighted by atomic mass is 19.3. The number of nitrogens with zero attached hydrogens (tertiary/aromatic N) is 19. The second-order valence-electron chi connectivity index (χ2n) is 40.4. The Morgan fingerprint density at radius 1 is 0.403 bits per heavy atom. The Balaban J connectivity index is 0.000000122. The number of carbonyl (C=O) groups is 5. The van der Waals surface area contributed by atoms with Gasteiger partial charge >= 0.3 is 0 Å². The van der Waals surface area contributed by atoms with Crippen LogP contribution in [0.3, 0.4) is 0 Å². The van der Waals surface area contributed by atoms with Gasteiger partial charge in [0.25, 0.3) is 41.4 Å². The van der Waals surface area contributed by atoms with Gasteiger partial charge in [-0.2, -0.15) is 45.9 Å². The van der Waals surface area contributed by atoms with Crippen molar-refractivity contribution in [1.82, 2.24) is 146 Å². The Morgan fingerprint density at radius 2 is 0.738 bits per heavy atom. The first-order chi connectivity index (χ1) is 71.3. The molecule has 5 aliphatic heterocycles. The zero-order valence-electron chi connectivity index (χ0n) is 84.0. The average molecular weight is 2070 g/mol. The number of nitrogens with one attached hydrogen (secondary N) is 10. The summed E-state index contributed by atoms with van der Waals surface area (Å²) in [7, 11) is 9.10. The van der Waals surface area contributed by atoms with E-state index in [-0.39, 0.29) is 103 Å². The van der Waals surface area contributed by atoms with Crippen LogP contribution in [0, 0.1) is 36.0 Å². The maximum Gasteiger partial charge on any atom is 0.277 e. The predicted octanol–water partition coefficient (Wildman–Crippen LogP) is 15.3. The second kappa shape index (κ2) is 44.3. The Kier molecular flexibility index (Phi) is 31.2. The average Bonchev–Trinajstić information content (AvgIpc) is 1.63. The highest BCUT2D eigenvalue weighted by Crippen LogP contribution is 2.40. The highest BCUT2D eigenvalue weighted by Gasteiger charge is 2.39. The number of aromatic nitrogens is 20. The molecule has 2 saturated carbocycles. The molecule has 46 heteroatoms. The number of hydrogen-bond donors (Lipinski definition) is 10. The Bertz CT molecular complexity index is 7360. The molecule has 22 rings (SSSR count). The van der Waals surface area contributed by atoms with Gasteiger partial charge in [0.15, 0.2) is 29.1 Å². The summed E-state index contributed by atoms with van der Waals surface area (Å²) in [5.41, 5.74) is 7.46. The number of ether oxygens (including phenoxy) is 1. The first-order valence-electron chi connectivity index (χ1n) is 50.3. The number of alkyl halides is 6. The number of rotatable bonds is 26. The predicted molar refractivity (Wildman–Crippen MR) is 536 cm³/mol. The van der Waals surface area contributed by atoms with E-state index in [1.54, 1.807) is 132 Å². The van der Waals surface area contributed by atoms with E-state index in [1.165, 1.54) is 49.6 Å². The molecule has 5 saturated heterocycles. The maximum atomic E-state index is 15.0. The number of hydrogen-bond acceptors (Lipinski definition) is 20. The zero-order chi connectivity index (χ0) is 105. The lowest BCUT2D eigenvalue weighted by molar-refractivity contribution is -0.0247. The highest BCUT2D eigenvalue weighted by molar-refractivity contribution is 6.10. The van der Waals surface area contributed by atoms with Crippen molar-refractivity contribution in [3.63, 3.8) is 0 Å². The molecule has 10 N–H and O–H groups in total. The van der Waals surface area contributed by atoms with Crippen molar-refractivity contribution in [1.29, 1.82) is 0 Å². The van der Waals surface area contributed by atoms with Gasteiger partial charge < -0.3 is 35.9 Å². The number of H-pyrrole nitrogens is 5. The summed E-state index contributed by atoms with van der Waals surface area (Å²) >= 11 is 0. The molecule has 15 aromatic rings. The summed E-state index contributed by atoms with van der Waals surface area (Å²) in [6.07, 6.45) is 25.0. The van der Waals surface area contributed by atoms with E-state index in [1.807, 2.05) is 30.4 Å². The molecule has 0 radical (unpaired) electrons. The number of carbonyl (C=O) groups excluding carboxylic acids is 5. The van der Waals surface area contributed by atoms with Crippen LogP contribution in [-0.2, 0) is 53.1 Å². The van der Waals surface area contributed by atoms with Crippen LogP contribution in [0.15, 0.2) is 104 Å². The smallest absolute Gasteiger partial charge is 0.277 e. The fourth-order valence-corrected chi connectivity index (χ4v) is 20.2. The molecule has 1 atom stereocenters. The van der Waals surface area contributed by atoms with Crippen LogP contribution in [0.2, 0.25) is 0 Å². The number of benzene rings is 5. The lowest BCUT2D eigenvalue weighted by Crippen LogP contribution is -2.44. The molecule has 0 unspecified atom stereocenters. The number of amides is 5. The number of halogens is 11. The molecule has 5 amide bonds. The van der Waals surface area contributed by atoms with Gasteiger partial charge in [-0.3, -0.25) is 87.8 Å². The number of imidazole rings is 1. The van der Waals surface area contributed by atoms with E-state index in [9.17, 15) is 67.9 Å². The quantitative estimate of drug-likeness (QED) is 0.0225. The fourth-order valence-electron chi connectivity index (χ4n) is 20.2. The fraction of sp³-hybridized carbons (Fsp3) is 0.466. The molecule has 149 heavy (non-hydrogen) atoms. The third kappa shape index (κ3) is 24.4. The molecule has 10 aromatic heterocycles. The third-order valence-electron chi connectivity index (χ3n) is 29.0. The van der Waals surface area contributed by atoms with Gasteiger partial charge in [-0.05, 0) is 265 Å². The Hall–Kier alpha value is -14.1. The number of fused-ring (bicyclic) bond motifs is 5. The SMILES string of the molecule is Cc1ncc(-c2cc(F)c3n[nH]c(C(=O)NCC(F)(F)CN4CCCC4)c3c2)n1C.Cn1cc(-c2cc(F)c3n[nH]c(C(=O)NCC(F)(F)CN4CCCC4)c3c2)cn1.Cn1cc(-c2cc(F)c3n[nH]c(C(=O)NC[C@H]4CCCO4)c3c2)cn1.Cn1ncc(-c2cc(F)c3n[nH]c(C(=O)NC4CCC(C)(F)CC4)c3c2)c1CN1CCC1.Cn1ncc(-c2cc(F)c3n[nH]c(C(=O)NC4CCC(C)(F)CC4)c3c2)c1CN1CCCC1. The number of aromatic amines is 5. The Labute approximate surface area is 848 Å². The van der Waals surface area contributed by atoms with Crippen LogP contribution in [-0.4, -0.2) is 282 Å². The molecule has 0 bridgehead atoms. The van der Waals surface area contributed by atoms with E-state index in [0.29, 0.717) is 139 Å². The lowest BCUT2D eigenvalue weighted by Gasteiger charge is -2.31. The van der Waals surface area contributed by atoms with Crippen LogP contribution in [0.5, 0.6) is 0 Å². The summed E-state index contributed by atoms with van der Waals surface area (Å²) in [6.45, 7) is 12.1. The lowest BCUT2D eigenvalue weighted by atomic mass is 9.85. The first-order valence-corrected chi connectivity index (χ1v) is 50.3. The van der Waals surface area contributed by atoms with E-state index >= 15 is 4.39 Å². The van der Waals surface area contributed by atoms with Gasteiger partial charge in [-0.25, -0.2) is 53.3 Å². The van der Waals surface area contributed by atoms with Gasteiger partial charge in [0.2, 0.25) is 0 Å². The molecule has 35 nitrogen and oxygen atoms in total. The van der Waals surface area contributed by atoms with Crippen LogP contribution >= 0.6 is 0 Å². The van der Waals surface area contributed by atoms with Crippen molar-refractivity contribution in [2.75, 3.05) is 91.7 Å². The minimum absolute atomic E-state index is 0.0217. The summed E-state index contributed by atoms with van der Waals surface area (Å²) in [6, 6.07) is 15.3.